The van der Waals surface area contributed by atoms with E-state index in [9.17, 15) is 9.90 Å². The number of halogens is 1. The summed E-state index contributed by atoms with van der Waals surface area (Å²) >= 11 is 5.96. The molecule has 1 amide bonds. The molecule has 0 bridgehead atoms. The van der Waals surface area contributed by atoms with Crippen molar-refractivity contribution in [2.24, 2.45) is 0 Å². The fraction of sp³-hybridized carbons (Fsp3) is 0.278. The Labute approximate surface area is 141 Å². The van der Waals surface area contributed by atoms with Crippen LogP contribution in [0.25, 0.3) is 0 Å². The number of ether oxygens (including phenoxy) is 1. The zero-order valence-corrected chi connectivity index (χ0v) is 14.1. The summed E-state index contributed by atoms with van der Waals surface area (Å²) in [5, 5.41) is 12.7. The molecule has 2 aromatic carbocycles. The molecule has 0 atom stereocenters. The number of hydrogen-bond acceptors (Lipinski definition) is 3. The average molecular weight is 334 g/mol. The van der Waals surface area contributed by atoms with E-state index in [-0.39, 0.29) is 22.4 Å². The van der Waals surface area contributed by atoms with E-state index in [0.717, 1.165) is 5.56 Å². The molecule has 0 aliphatic rings. The monoisotopic (exact) mass is 333 g/mol. The summed E-state index contributed by atoms with van der Waals surface area (Å²) in [6.07, 6.45) is 0. The van der Waals surface area contributed by atoms with Crippen LogP contribution in [0.2, 0.25) is 5.02 Å². The van der Waals surface area contributed by atoms with Gasteiger partial charge in [0.15, 0.2) is 11.5 Å². The Balaban J connectivity index is 2.25. The Morgan fingerprint density at radius 2 is 2.04 bits per heavy atom. The van der Waals surface area contributed by atoms with Crippen molar-refractivity contribution in [3.05, 3.63) is 52.5 Å². The van der Waals surface area contributed by atoms with E-state index in [0.29, 0.717) is 23.8 Å². The Bertz CT molecular complexity index is 713. The van der Waals surface area contributed by atoms with Crippen molar-refractivity contribution in [3.63, 3.8) is 0 Å². The van der Waals surface area contributed by atoms with E-state index in [1.165, 1.54) is 12.1 Å². The predicted molar refractivity (Wildman–Crippen MR) is 92.8 cm³/mol. The maximum atomic E-state index is 12.4. The molecule has 2 aromatic rings. The number of amides is 1. The summed E-state index contributed by atoms with van der Waals surface area (Å²) in [5.74, 6) is 0.0984. The van der Waals surface area contributed by atoms with Crippen LogP contribution in [0.3, 0.4) is 0 Å². The Morgan fingerprint density at radius 3 is 2.70 bits per heavy atom. The molecule has 0 saturated carbocycles. The summed E-state index contributed by atoms with van der Waals surface area (Å²) in [6.45, 7) is 6.34. The van der Waals surface area contributed by atoms with Gasteiger partial charge < -0.3 is 15.2 Å². The minimum atomic E-state index is -0.311. The number of nitrogens with one attached hydrogen (secondary N) is 1. The topological polar surface area (TPSA) is 58.6 Å². The average Bonchev–Trinajstić information content (AvgIpc) is 2.52. The maximum Gasteiger partial charge on any atom is 0.255 e. The molecule has 5 heteroatoms. The molecule has 0 heterocycles. The van der Waals surface area contributed by atoms with Gasteiger partial charge in [-0.25, -0.2) is 0 Å². The fourth-order valence-electron chi connectivity index (χ4n) is 2.15. The number of carbonyl (C=O) groups is 1. The van der Waals surface area contributed by atoms with Crippen LogP contribution in [-0.2, 0) is 0 Å². The van der Waals surface area contributed by atoms with Gasteiger partial charge in [0.1, 0.15) is 0 Å². The molecule has 0 unspecified atom stereocenters. The summed E-state index contributed by atoms with van der Waals surface area (Å²) in [4.78, 5) is 12.4. The first-order valence-corrected chi connectivity index (χ1v) is 7.86. The van der Waals surface area contributed by atoms with E-state index in [2.05, 4.69) is 19.2 Å². The van der Waals surface area contributed by atoms with E-state index in [1.807, 2.05) is 24.3 Å². The quantitative estimate of drug-likeness (QED) is 0.824. The van der Waals surface area contributed by atoms with Gasteiger partial charge in [0.05, 0.1) is 11.6 Å². The molecule has 23 heavy (non-hydrogen) atoms. The zero-order valence-electron chi connectivity index (χ0n) is 13.4. The highest BCUT2D eigenvalue weighted by molar-refractivity contribution is 6.32. The third-order valence-electron chi connectivity index (χ3n) is 3.40. The lowest BCUT2D eigenvalue weighted by Gasteiger charge is -2.12. The largest absolute Gasteiger partial charge is 0.503 e. The second-order valence-electron chi connectivity index (χ2n) is 5.47. The van der Waals surface area contributed by atoms with Gasteiger partial charge in [-0.1, -0.05) is 37.6 Å². The van der Waals surface area contributed by atoms with Crippen LogP contribution >= 0.6 is 11.6 Å². The number of phenols is 1. The molecule has 122 valence electrons. The Morgan fingerprint density at radius 1 is 1.30 bits per heavy atom. The molecule has 0 fully saturated rings. The van der Waals surface area contributed by atoms with Crippen molar-refractivity contribution in [2.45, 2.75) is 26.7 Å². The van der Waals surface area contributed by atoms with Crippen LogP contribution in [0.15, 0.2) is 36.4 Å². The lowest BCUT2D eigenvalue weighted by molar-refractivity contribution is 0.102. The van der Waals surface area contributed by atoms with Gasteiger partial charge in [-0.05, 0) is 42.7 Å². The molecule has 0 aliphatic carbocycles. The van der Waals surface area contributed by atoms with Crippen LogP contribution in [0.4, 0.5) is 5.69 Å². The van der Waals surface area contributed by atoms with Crippen molar-refractivity contribution < 1.29 is 14.6 Å². The zero-order chi connectivity index (χ0) is 17.0. The molecule has 2 N–H and O–H groups in total. The summed E-state index contributed by atoms with van der Waals surface area (Å²) < 4.78 is 5.29. The second kappa shape index (κ2) is 7.38. The highest BCUT2D eigenvalue weighted by Crippen LogP contribution is 2.35. The number of benzene rings is 2. The lowest BCUT2D eigenvalue weighted by Crippen LogP contribution is -2.12. The first-order chi connectivity index (χ1) is 10.9. The van der Waals surface area contributed by atoms with Crippen LogP contribution in [-0.4, -0.2) is 17.6 Å². The Kier molecular flexibility index (Phi) is 5.50. The third kappa shape index (κ3) is 4.17. The number of rotatable bonds is 5. The molecule has 4 nitrogen and oxygen atoms in total. The van der Waals surface area contributed by atoms with Gasteiger partial charge in [-0.3, -0.25) is 4.79 Å². The summed E-state index contributed by atoms with van der Waals surface area (Å²) in [5.41, 5.74) is 2.18. The van der Waals surface area contributed by atoms with Crippen molar-refractivity contribution >= 4 is 23.2 Å². The van der Waals surface area contributed by atoms with Gasteiger partial charge >= 0.3 is 0 Å². The molecule has 2 rings (SSSR count). The van der Waals surface area contributed by atoms with Crippen LogP contribution in [0.1, 0.15) is 42.6 Å². The van der Waals surface area contributed by atoms with Gasteiger partial charge in [0, 0.05) is 11.3 Å². The van der Waals surface area contributed by atoms with E-state index >= 15 is 0 Å². The SMILES string of the molecule is CCOc1cc(C(=O)Nc2cccc(C(C)C)c2)cc(Cl)c1O. The minimum absolute atomic E-state index is 0.0806. The van der Waals surface area contributed by atoms with Crippen LogP contribution in [0.5, 0.6) is 11.5 Å². The highest BCUT2D eigenvalue weighted by Gasteiger charge is 2.15. The van der Waals surface area contributed by atoms with Gasteiger partial charge in [-0.2, -0.15) is 0 Å². The van der Waals surface area contributed by atoms with E-state index in [1.54, 1.807) is 6.92 Å². The number of phenolic OH excluding ortho intramolecular Hbond substituents is 1. The molecule has 0 spiro atoms. The number of aromatic hydroxyl groups is 1. The van der Waals surface area contributed by atoms with Crippen LogP contribution < -0.4 is 10.1 Å². The molecule has 0 aliphatic heterocycles. The first-order valence-electron chi connectivity index (χ1n) is 7.49. The molecular formula is C18H20ClNO3. The number of hydrogen-bond donors (Lipinski definition) is 2. The molecule has 0 aromatic heterocycles. The van der Waals surface area contributed by atoms with Gasteiger partial charge in [0.25, 0.3) is 5.91 Å². The fourth-order valence-corrected chi connectivity index (χ4v) is 2.36. The highest BCUT2D eigenvalue weighted by atomic mass is 35.5. The first kappa shape index (κ1) is 17.2. The van der Waals surface area contributed by atoms with Crippen molar-refractivity contribution in [1.29, 1.82) is 0 Å². The minimum Gasteiger partial charge on any atom is -0.503 e. The van der Waals surface area contributed by atoms with Crippen LogP contribution in [0, 0.1) is 0 Å². The third-order valence-corrected chi connectivity index (χ3v) is 3.69. The van der Waals surface area contributed by atoms with Crippen molar-refractivity contribution in [2.75, 3.05) is 11.9 Å². The molecule has 0 saturated heterocycles. The number of anilines is 1. The van der Waals surface area contributed by atoms with Crippen molar-refractivity contribution in [1.82, 2.24) is 0 Å². The van der Waals surface area contributed by atoms with Gasteiger partial charge in [-0.15, -0.1) is 0 Å². The maximum absolute atomic E-state index is 12.4. The molecular weight excluding hydrogens is 314 g/mol. The lowest BCUT2D eigenvalue weighted by atomic mass is 10.0. The predicted octanol–water partition coefficient (Wildman–Crippen LogP) is 4.82. The van der Waals surface area contributed by atoms with Crippen molar-refractivity contribution in [3.8, 4) is 11.5 Å². The molecule has 0 radical (unpaired) electrons. The smallest absolute Gasteiger partial charge is 0.255 e. The normalized spacial score (nSPS) is 10.7. The number of carbonyl (C=O) groups excluding carboxylic acids is 1. The van der Waals surface area contributed by atoms with E-state index in [4.69, 9.17) is 16.3 Å². The Hall–Kier alpha value is -2.20. The summed E-state index contributed by atoms with van der Waals surface area (Å²) in [7, 11) is 0. The summed E-state index contributed by atoms with van der Waals surface area (Å²) in [6, 6.07) is 10.6. The standard InChI is InChI=1S/C18H20ClNO3/c1-4-23-16-10-13(9-15(19)17(16)21)18(22)20-14-7-5-6-12(8-14)11(2)3/h5-11,21H,4H2,1-3H3,(H,20,22). The van der Waals surface area contributed by atoms with Gasteiger partial charge in [0.2, 0.25) is 0 Å². The second-order valence-corrected chi connectivity index (χ2v) is 5.88. The van der Waals surface area contributed by atoms with E-state index < -0.39 is 0 Å².